The first-order chi connectivity index (χ1) is 13.2. The highest BCUT2D eigenvalue weighted by Crippen LogP contribution is 2.11. The molecule has 154 valence electrons. The van der Waals surface area contributed by atoms with E-state index in [0.29, 0.717) is 18.8 Å². The number of carbonyl (C=O) groups is 1. The number of hydrogen-bond donors (Lipinski definition) is 3. The number of benzene rings is 2. The van der Waals surface area contributed by atoms with E-state index in [2.05, 4.69) is 15.6 Å². The molecule has 3 aromatic rings. The number of halogens is 2. The van der Waals surface area contributed by atoms with Crippen LogP contribution in [0.3, 0.4) is 0 Å². The van der Waals surface area contributed by atoms with Crippen LogP contribution in [-0.4, -0.2) is 29.1 Å². The second-order valence-corrected chi connectivity index (χ2v) is 6.25. The first-order valence-electron chi connectivity index (χ1n) is 8.97. The smallest absolute Gasteiger partial charge is 0.274 e. The second kappa shape index (κ2) is 12.9. The first kappa shape index (κ1) is 24.6. The van der Waals surface area contributed by atoms with Crippen LogP contribution in [0.1, 0.15) is 27.7 Å². The predicted molar refractivity (Wildman–Crippen MR) is 121 cm³/mol. The molecule has 0 saturated heterocycles. The van der Waals surface area contributed by atoms with Gasteiger partial charge in [-0.05, 0) is 48.4 Å². The largest absolute Gasteiger partial charge is 0.387 e. The molecule has 7 heteroatoms. The van der Waals surface area contributed by atoms with Gasteiger partial charge in [0.15, 0.2) is 0 Å². The number of nitrogens with zero attached hydrogens (tertiary/aromatic N) is 1. The van der Waals surface area contributed by atoms with E-state index in [1.54, 1.807) is 12.3 Å². The van der Waals surface area contributed by atoms with Gasteiger partial charge in [0.25, 0.3) is 5.91 Å². The number of pyridine rings is 1. The Balaban J connectivity index is 0.00000210. The quantitative estimate of drug-likeness (QED) is 0.468. The summed E-state index contributed by atoms with van der Waals surface area (Å²) in [6, 6.07) is 22.6. The molecule has 3 N–H and O–H groups in total. The average molecular weight is 434 g/mol. The van der Waals surface area contributed by atoms with Crippen LogP contribution in [0.2, 0.25) is 0 Å². The van der Waals surface area contributed by atoms with Crippen molar-refractivity contribution in [3.8, 4) is 0 Å². The van der Waals surface area contributed by atoms with E-state index in [1.807, 2.05) is 66.7 Å². The predicted octanol–water partition coefficient (Wildman–Crippen LogP) is 4.04. The van der Waals surface area contributed by atoms with Crippen molar-refractivity contribution in [1.82, 2.24) is 10.3 Å². The standard InChI is InChI=1S/C22H23N3O2.2ClH/c26-21(18-7-3-1-4-8-18)16-23-13-11-17-12-14-24-20(15-17)22(27)25-19-9-5-2-6-10-19;;/h1-10,12,14-15,21,23,26H,11,13,16H2,(H,25,27);2*1H/t21-;;/m0../s1. The molecular formula is C22H25Cl2N3O2. The normalized spacial score (nSPS) is 10.9. The van der Waals surface area contributed by atoms with Crippen LogP contribution in [0.5, 0.6) is 0 Å². The molecule has 0 aliphatic rings. The summed E-state index contributed by atoms with van der Waals surface area (Å²) in [5, 5.41) is 16.2. The van der Waals surface area contributed by atoms with Gasteiger partial charge in [0.2, 0.25) is 0 Å². The second-order valence-electron chi connectivity index (χ2n) is 6.25. The molecule has 0 unspecified atom stereocenters. The SMILES string of the molecule is Cl.Cl.O=C(Nc1ccccc1)c1cc(CCNC[C@H](O)c2ccccc2)ccn1. The number of anilines is 1. The third-order valence-electron chi connectivity index (χ3n) is 4.20. The average Bonchev–Trinajstić information content (AvgIpc) is 2.72. The molecule has 0 saturated carbocycles. The summed E-state index contributed by atoms with van der Waals surface area (Å²) >= 11 is 0. The molecule has 0 aliphatic heterocycles. The number of carbonyl (C=O) groups excluding carboxylic acids is 1. The van der Waals surface area contributed by atoms with Crippen molar-refractivity contribution in [3.63, 3.8) is 0 Å². The van der Waals surface area contributed by atoms with Gasteiger partial charge in [-0.1, -0.05) is 48.5 Å². The van der Waals surface area contributed by atoms with Gasteiger partial charge in [-0.15, -0.1) is 24.8 Å². The summed E-state index contributed by atoms with van der Waals surface area (Å²) in [6.07, 6.45) is 1.86. The van der Waals surface area contributed by atoms with E-state index in [1.165, 1.54) is 0 Å². The number of para-hydroxylation sites is 1. The third kappa shape index (κ3) is 7.83. The highest BCUT2D eigenvalue weighted by Gasteiger charge is 2.09. The molecule has 5 nitrogen and oxygen atoms in total. The van der Waals surface area contributed by atoms with Crippen molar-refractivity contribution < 1.29 is 9.90 Å². The maximum Gasteiger partial charge on any atom is 0.274 e. The van der Waals surface area contributed by atoms with Gasteiger partial charge in [-0.25, -0.2) is 0 Å². The zero-order valence-corrected chi connectivity index (χ0v) is 17.5. The molecule has 3 rings (SSSR count). The summed E-state index contributed by atoms with van der Waals surface area (Å²) < 4.78 is 0. The van der Waals surface area contributed by atoms with Crippen molar-refractivity contribution in [3.05, 3.63) is 95.8 Å². The summed E-state index contributed by atoms with van der Waals surface area (Å²) in [4.78, 5) is 16.5. The molecule has 29 heavy (non-hydrogen) atoms. The first-order valence-corrected chi connectivity index (χ1v) is 8.97. The zero-order chi connectivity index (χ0) is 18.9. The molecule has 1 heterocycles. The van der Waals surface area contributed by atoms with Crippen molar-refractivity contribution in [1.29, 1.82) is 0 Å². The Labute approximate surface area is 183 Å². The van der Waals surface area contributed by atoms with E-state index < -0.39 is 6.10 Å². The minimum atomic E-state index is -0.532. The summed E-state index contributed by atoms with van der Waals surface area (Å²) in [5.41, 5.74) is 3.05. The highest BCUT2D eigenvalue weighted by atomic mass is 35.5. The fourth-order valence-corrected chi connectivity index (χ4v) is 2.74. The fraction of sp³-hybridized carbons (Fsp3) is 0.182. The van der Waals surface area contributed by atoms with Crippen LogP contribution in [-0.2, 0) is 6.42 Å². The molecule has 1 atom stereocenters. The van der Waals surface area contributed by atoms with E-state index >= 15 is 0 Å². The number of aliphatic hydroxyl groups is 1. The van der Waals surface area contributed by atoms with Crippen LogP contribution in [0.25, 0.3) is 0 Å². The molecule has 0 radical (unpaired) electrons. The van der Waals surface area contributed by atoms with Crippen LogP contribution in [0.4, 0.5) is 5.69 Å². The van der Waals surface area contributed by atoms with Gasteiger partial charge < -0.3 is 15.7 Å². The minimum absolute atomic E-state index is 0. The van der Waals surface area contributed by atoms with Crippen LogP contribution >= 0.6 is 24.8 Å². The Morgan fingerprint density at radius 2 is 1.62 bits per heavy atom. The van der Waals surface area contributed by atoms with Crippen LogP contribution in [0.15, 0.2) is 79.0 Å². The van der Waals surface area contributed by atoms with Gasteiger partial charge in [0.1, 0.15) is 5.69 Å². The Kier molecular flexibility index (Phi) is 10.9. The highest BCUT2D eigenvalue weighted by molar-refractivity contribution is 6.02. The van der Waals surface area contributed by atoms with E-state index in [9.17, 15) is 9.90 Å². The topological polar surface area (TPSA) is 74.2 Å². The third-order valence-corrected chi connectivity index (χ3v) is 4.20. The summed E-state index contributed by atoms with van der Waals surface area (Å²) in [7, 11) is 0. The number of aromatic nitrogens is 1. The van der Waals surface area contributed by atoms with E-state index in [-0.39, 0.29) is 30.7 Å². The van der Waals surface area contributed by atoms with Gasteiger partial charge in [0.05, 0.1) is 6.10 Å². The van der Waals surface area contributed by atoms with Gasteiger partial charge in [-0.3, -0.25) is 9.78 Å². The number of nitrogens with one attached hydrogen (secondary N) is 2. The lowest BCUT2D eigenvalue weighted by Crippen LogP contribution is -2.24. The van der Waals surface area contributed by atoms with Crippen molar-refractivity contribution in [2.75, 3.05) is 18.4 Å². The Morgan fingerprint density at radius 1 is 0.966 bits per heavy atom. The molecule has 1 aromatic heterocycles. The molecule has 2 aromatic carbocycles. The number of aliphatic hydroxyl groups excluding tert-OH is 1. The maximum atomic E-state index is 12.3. The van der Waals surface area contributed by atoms with E-state index in [4.69, 9.17) is 0 Å². The number of amides is 1. The number of hydrogen-bond acceptors (Lipinski definition) is 4. The Morgan fingerprint density at radius 3 is 2.31 bits per heavy atom. The van der Waals surface area contributed by atoms with Gasteiger partial charge in [0, 0.05) is 18.4 Å². The monoisotopic (exact) mass is 433 g/mol. The molecule has 1 amide bonds. The van der Waals surface area contributed by atoms with Crippen molar-refractivity contribution >= 4 is 36.4 Å². The van der Waals surface area contributed by atoms with Crippen molar-refractivity contribution in [2.24, 2.45) is 0 Å². The molecule has 0 bridgehead atoms. The number of rotatable bonds is 8. The zero-order valence-electron chi connectivity index (χ0n) is 15.8. The lowest BCUT2D eigenvalue weighted by atomic mass is 10.1. The van der Waals surface area contributed by atoms with Crippen LogP contribution < -0.4 is 10.6 Å². The lowest BCUT2D eigenvalue weighted by molar-refractivity contribution is 0.102. The summed E-state index contributed by atoms with van der Waals surface area (Å²) in [5.74, 6) is -0.226. The lowest BCUT2D eigenvalue weighted by Gasteiger charge is -2.12. The van der Waals surface area contributed by atoms with E-state index in [0.717, 1.165) is 23.2 Å². The Bertz CT molecular complexity index is 864. The van der Waals surface area contributed by atoms with Gasteiger partial charge >= 0.3 is 0 Å². The Hall–Kier alpha value is -2.44. The molecule has 0 spiro atoms. The van der Waals surface area contributed by atoms with Crippen LogP contribution in [0, 0.1) is 0 Å². The molecular weight excluding hydrogens is 409 g/mol. The fourth-order valence-electron chi connectivity index (χ4n) is 2.74. The maximum absolute atomic E-state index is 12.3. The van der Waals surface area contributed by atoms with Gasteiger partial charge in [-0.2, -0.15) is 0 Å². The molecule has 0 aliphatic carbocycles. The minimum Gasteiger partial charge on any atom is -0.387 e. The summed E-state index contributed by atoms with van der Waals surface area (Å²) in [6.45, 7) is 1.18. The van der Waals surface area contributed by atoms with Crippen molar-refractivity contribution in [2.45, 2.75) is 12.5 Å². The molecule has 0 fully saturated rings.